The van der Waals surface area contributed by atoms with Gasteiger partial charge < -0.3 is 5.73 Å². The molecule has 8 heteroatoms. The van der Waals surface area contributed by atoms with Gasteiger partial charge in [-0.15, -0.1) is 0 Å². The number of benzene rings is 1. The summed E-state index contributed by atoms with van der Waals surface area (Å²) >= 11 is 0. The molecule has 0 spiro atoms. The van der Waals surface area contributed by atoms with Crippen LogP contribution in [0.4, 0.5) is 0 Å². The molecular formula is C17H20N4O3S. The van der Waals surface area contributed by atoms with Crippen LogP contribution in [0.3, 0.4) is 0 Å². The second-order valence-corrected chi connectivity index (χ2v) is 7.87. The maximum absolute atomic E-state index is 12.6. The van der Waals surface area contributed by atoms with Gasteiger partial charge in [0.15, 0.2) is 0 Å². The second kappa shape index (κ2) is 7.30. The quantitative estimate of drug-likeness (QED) is 0.846. The fraction of sp³-hybridized carbons (Fsp3) is 0.294. The minimum atomic E-state index is -3.48. The Kier molecular flexibility index (Phi) is 5.12. The van der Waals surface area contributed by atoms with E-state index in [1.807, 2.05) is 12.1 Å². The topological polar surface area (TPSA) is 96.6 Å². The zero-order valence-electron chi connectivity index (χ0n) is 13.7. The highest BCUT2D eigenvalue weighted by Crippen LogP contribution is 2.17. The summed E-state index contributed by atoms with van der Waals surface area (Å²) in [5.74, 6) is -0.444. The van der Waals surface area contributed by atoms with Gasteiger partial charge in [-0.3, -0.25) is 14.7 Å². The molecule has 0 aliphatic carbocycles. The summed E-state index contributed by atoms with van der Waals surface area (Å²) in [4.78, 5) is 17.4. The summed E-state index contributed by atoms with van der Waals surface area (Å²) in [7, 11) is -3.48. The van der Waals surface area contributed by atoms with Crippen molar-refractivity contribution in [1.82, 2.24) is 14.2 Å². The van der Waals surface area contributed by atoms with E-state index in [-0.39, 0.29) is 4.90 Å². The molecule has 1 aromatic heterocycles. The lowest BCUT2D eigenvalue weighted by Crippen LogP contribution is -2.48. The molecule has 2 aromatic rings. The maximum Gasteiger partial charge on any atom is 0.248 e. The summed E-state index contributed by atoms with van der Waals surface area (Å²) in [6.07, 6.45) is 2.93. The molecule has 0 atom stereocenters. The van der Waals surface area contributed by atoms with Crippen LogP contribution < -0.4 is 5.73 Å². The lowest BCUT2D eigenvalue weighted by Gasteiger charge is -2.33. The van der Waals surface area contributed by atoms with Crippen molar-refractivity contribution in [2.75, 3.05) is 26.2 Å². The average Bonchev–Trinajstić information content (AvgIpc) is 2.63. The molecular weight excluding hydrogens is 340 g/mol. The van der Waals surface area contributed by atoms with E-state index in [0.717, 1.165) is 5.56 Å². The smallest absolute Gasteiger partial charge is 0.248 e. The molecule has 0 radical (unpaired) electrons. The largest absolute Gasteiger partial charge is 0.366 e. The van der Waals surface area contributed by atoms with Gasteiger partial charge in [-0.1, -0.05) is 12.1 Å². The van der Waals surface area contributed by atoms with Crippen LogP contribution in [0.5, 0.6) is 0 Å². The van der Waals surface area contributed by atoms with E-state index in [2.05, 4.69) is 9.88 Å². The van der Waals surface area contributed by atoms with Crippen molar-refractivity contribution in [3.63, 3.8) is 0 Å². The maximum atomic E-state index is 12.6. The van der Waals surface area contributed by atoms with Crippen molar-refractivity contribution in [2.45, 2.75) is 11.4 Å². The predicted octanol–water partition coefficient (Wildman–Crippen LogP) is 0.687. The Balaban J connectivity index is 1.59. The van der Waals surface area contributed by atoms with E-state index in [9.17, 15) is 13.2 Å². The molecule has 0 saturated carbocycles. The Labute approximate surface area is 147 Å². The van der Waals surface area contributed by atoms with Crippen molar-refractivity contribution in [1.29, 1.82) is 0 Å². The lowest BCUT2D eigenvalue weighted by atomic mass is 10.1. The molecule has 2 heterocycles. The molecule has 1 amide bonds. The normalized spacial score (nSPS) is 16.6. The highest BCUT2D eigenvalue weighted by Gasteiger charge is 2.28. The fourth-order valence-corrected chi connectivity index (χ4v) is 4.20. The Morgan fingerprint density at radius 1 is 1.08 bits per heavy atom. The summed E-state index contributed by atoms with van der Waals surface area (Å²) in [5.41, 5.74) is 6.78. The Morgan fingerprint density at radius 3 is 2.32 bits per heavy atom. The van der Waals surface area contributed by atoms with Crippen LogP contribution in [0.2, 0.25) is 0 Å². The van der Waals surface area contributed by atoms with Crippen molar-refractivity contribution < 1.29 is 13.2 Å². The molecule has 3 rings (SSSR count). The summed E-state index contributed by atoms with van der Waals surface area (Å²) < 4.78 is 26.7. The first kappa shape index (κ1) is 17.5. The summed E-state index contributed by atoms with van der Waals surface area (Å²) in [6, 6.07) is 10.4. The third-order valence-corrected chi connectivity index (χ3v) is 6.13. The van der Waals surface area contributed by atoms with Gasteiger partial charge in [-0.05, 0) is 29.8 Å². The summed E-state index contributed by atoms with van der Waals surface area (Å²) in [6.45, 7) is 2.89. The first-order chi connectivity index (χ1) is 12.0. The van der Waals surface area contributed by atoms with Gasteiger partial charge in [-0.2, -0.15) is 4.31 Å². The van der Waals surface area contributed by atoms with Crippen molar-refractivity contribution in [2.24, 2.45) is 5.73 Å². The number of hydrogen-bond donors (Lipinski definition) is 1. The van der Waals surface area contributed by atoms with Crippen LogP contribution in [0, 0.1) is 0 Å². The highest BCUT2D eigenvalue weighted by molar-refractivity contribution is 7.89. The highest BCUT2D eigenvalue weighted by atomic mass is 32.2. The zero-order chi connectivity index (χ0) is 17.9. The van der Waals surface area contributed by atoms with Gasteiger partial charge in [0.05, 0.1) is 0 Å². The Bertz CT molecular complexity index is 830. The van der Waals surface area contributed by atoms with Gasteiger partial charge in [-0.25, -0.2) is 8.42 Å². The average molecular weight is 360 g/mol. The van der Waals surface area contributed by atoms with Crippen LogP contribution in [-0.4, -0.2) is 54.7 Å². The minimum Gasteiger partial charge on any atom is -0.366 e. The van der Waals surface area contributed by atoms with Crippen molar-refractivity contribution >= 4 is 15.9 Å². The Morgan fingerprint density at radius 2 is 1.76 bits per heavy atom. The lowest BCUT2D eigenvalue weighted by molar-refractivity contribution is 0.1000. The standard InChI is InChI=1S/C17H20N4O3S/c18-17(22)15-5-3-14(4-6-15)13-20-8-10-21(11-9-20)25(23,24)16-2-1-7-19-12-16/h1-7,12H,8-11,13H2,(H2,18,22). The molecule has 1 saturated heterocycles. The molecule has 2 N–H and O–H groups in total. The van der Waals surface area contributed by atoms with Gasteiger partial charge in [0.1, 0.15) is 4.90 Å². The fourth-order valence-electron chi connectivity index (χ4n) is 2.81. The molecule has 1 aliphatic heterocycles. The number of primary amides is 1. The zero-order valence-corrected chi connectivity index (χ0v) is 14.5. The third-order valence-electron chi connectivity index (χ3n) is 4.25. The SMILES string of the molecule is NC(=O)c1ccc(CN2CCN(S(=O)(=O)c3cccnc3)CC2)cc1. The number of carbonyl (C=O) groups excluding carboxylic acids is 1. The van der Waals surface area contributed by atoms with Crippen LogP contribution in [0.15, 0.2) is 53.7 Å². The summed E-state index contributed by atoms with van der Waals surface area (Å²) in [5, 5.41) is 0. The van der Waals surface area contributed by atoms with Gasteiger partial charge >= 0.3 is 0 Å². The van der Waals surface area contributed by atoms with E-state index in [1.165, 1.54) is 10.5 Å². The second-order valence-electron chi connectivity index (χ2n) is 5.93. The first-order valence-corrected chi connectivity index (χ1v) is 9.42. The number of rotatable bonds is 5. The predicted molar refractivity (Wildman–Crippen MR) is 93.2 cm³/mol. The Hall–Kier alpha value is -2.29. The van der Waals surface area contributed by atoms with E-state index < -0.39 is 15.9 Å². The van der Waals surface area contributed by atoms with Crippen LogP contribution >= 0.6 is 0 Å². The molecule has 1 aromatic carbocycles. The number of pyridine rings is 1. The van der Waals surface area contributed by atoms with E-state index in [0.29, 0.717) is 38.3 Å². The molecule has 25 heavy (non-hydrogen) atoms. The molecule has 0 unspecified atom stereocenters. The number of nitrogens with two attached hydrogens (primary N) is 1. The van der Waals surface area contributed by atoms with Crippen molar-refractivity contribution in [3.8, 4) is 0 Å². The van der Waals surface area contributed by atoms with E-state index in [4.69, 9.17) is 5.73 Å². The van der Waals surface area contributed by atoms with Crippen molar-refractivity contribution in [3.05, 3.63) is 59.9 Å². The van der Waals surface area contributed by atoms with Gasteiger partial charge in [0.25, 0.3) is 0 Å². The van der Waals surface area contributed by atoms with E-state index in [1.54, 1.807) is 30.5 Å². The minimum absolute atomic E-state index is 0.227. The molecule has 7 nitrogen and oxygen atoms in total. The first-order valence-electron chi connectivity index (χ1n) is 7.98. The van der Waals surface area contributed by atoms with Gasteiger partial charge in [0.2, 0.25) is 15.9 Å². The third kappa shape index (κ3) is 4.04. The molecule has 0 bridgehead atoms. The molecule has 132 valence electrons. The van der Waals surface area contributed by atoms with Crippen LogP contribution in [0.1, 0.15) is 15.9 Å². The molecule has 1 fully saturated rings. The molecule has 1 aliphatic rings. The number of carbonyl (C=O) groups is 1. The number of sulfonamides is 1. The van der Waals surface area contributed by atoms with Crippen LogP contribution in [-0.2, 0) is 16.6 Å². The van der Waals surface area contributed by atoms with Gasteiger partial charge in [0, 0.05) is 50.7 Å². The number of nitrogens with zero attached hydrogens (tertiary/aromatic N) is 3. The number of aromatic nitrogens is 1. The monoisotopic (exact) mass is 360 g/mol. The number of amides is 1. The van der Waals surface area contributed by atoms with E-state index >= 15 is 0 Å². The number of piperazine rings is 1. The van der Waals surface area contributed by atoms with Crippen LogP contribution in [0.25, 0.3) is 0 Å². The number of hydrogen-bond acceptors (Lipinski definition) is 5.